The van der Waals surface area contributed by atoms with Crippen LogP contribution in [0.3, 0.4) is 0 Å². The molecule has 5 heteroatoms. The van der Waals surface area contributed by atoms with Gasteiger partial charge in [0, 0.05) is 30.4 Å². The maximum atomic E-state index is 14.0. The number of anilines is 1. The lowest BCUT2D eigenvalue weighted by atomic mass is 10.1. The van der Waals surface area contributed by atoms with Gasteiger partial charge in [-0.3, -0.25) is 0 Å². The van der Waals surface area contributed by atoms with E-state index in [1.165, 1.54) is 19.1 Å². The first-order valence-corrected chi connectivity index (χ1v) is 11.0. The van der Waals surface area contributed by atoms with Gasteiger partial charge in [-0.05, 0) is 37.1 Å². The molecule has 0 saturated carbocycles. The van der Waals surface area contributed by atoms with Crippen molar-refractivity contribution in [3.63, 3.8) is 0 Å². The largest absolute Gasteiger partial charge is 0.463 e. The quantitative estimate of drug-likeness (QED) is 0.279. The van der Waals surface area contributed by atoms with Gasteiger partial charge in [-0.25, -0.2) is 13.6 Å². The molecule has 0 heterocycles. The second kappa shape index (κ2) is 15.4. The summed E-state index contributed by atoms with van der Waals surface area (Å²) in [6.07, 6.45) is 1.14. The van der Waals surface area contributed by atoms with E-state index in [0.29, 0.717) is 25.4 Å². The van der Waals surface area contributed by atoms with E-state index in [2.05, 4.69) is 11.3 Å². The Labute approximate surface area is 196 Å². The number of nitrogens with zero attached hydrogens (tertiary/aromatic N) is 1. The maximum Gasteiger partial charge on any atom is 0.330 e. The van der Waals surface area contributed by atoms with Gasteiger partial charge >= 0.3 is 5.97 Å². The van der Waals surface area contributed by atoms with Crippen LogP contribution in [0.15, 0.2) is 85.5 Å². The van der Waals surface area contributed by atoms with Crippen LogP contribution in [0.4, 0.5) is 14.5 Å². The third-order valence-corrected chi connectivity index (χ3v) is 4.52. The van der Waals surface area contributed by atoms with Crippen molar-refractivity contribution in [2.75, 3.05) is 11.5 Å². The zero-order valence-corrected chi connectivity index (χ0v) is 19.9. The predicted molar refractivity (Wildman–Crippen MR) is 132 cm³/mol. The Balaban J connectivity index is 0.000000520. The zero-order chi connectivity index (χ0) is 24.6. The molecular formula is C28H33F2NO2. The van der Waals surface area contributed by atoms with Crippen molar-refractivity contribution < 1.29 is 18.3 Å². The standard InChI is InChI=1S/C21H19F2N.C5H8O2.C2H6/c1-16-20(22)12-19(13-21(16)23)24(14-17-8-4-2-5-9-17)15-18-10-6-3-7-11-18;1-3-5(6)7-4-2;1-2/h2-13H,14-15H2,1H3;3H,1,4H2,2H3;1-2H3. The maximum absolute atomic E-state index is 14.0. The number of hydrogen-bond acceptors (Lipinski definition) is 3. The fraction of sp³-hybridized carbons (Fsp3) is 0.250. The van der Waals surface area contributed by atoms with Crippen molar-refractivity contribution in [2.24, 2.45) is 0 Å². The van der Waals surface area contributed by atoms with Crippen molar-refractivity contribution in [2.45, 2.75) is 40.8 Å². The first kappa shape index (κ1) is 27.6. The molecule has 0 fully saturated rings. The highest BCUT2D eigenvalue weighted by atomic mass is 19.1. The average molecular weight is 454 g/mol. The molecule has 176 valence electrons. The number of esters is 1. The van der Waals surface area contributed by atoms with Gasteiger partial charge < -0.3 is 9.64 Å². The summed E-state index contributed by atoms with van der Waals surface area (Å²) in [6.45, 7) is 12.0. The van der Waals surface area contributed by atoms with Gasteiger partial charge in [0.05, 0.1) is 6.61 Å². The molecule has 3 nitrogen and oxygen atoms in total. The van der Waals surface area contributed by atoms with E-state index in [-0.39, 0.29) is 11.5 Å². The highest BCUT2D eigenvalue weighted by molar-refractivity contribution is 5.81. The highest BCUT2D eigenvalue weighted by Gasteiger charge is 2.13. The summed E-state index contributed by atoms with van der Waals surface area (Å²) in [7, 11) is 0. The summed E-state index contributed by atoms with van der Waals surface area (Å²) in [6, 6.07) is 22.6. The van der Waals surface area contributed by atoms with E-state index in [0.717, 1.165) is 17.2 Å². The van der Waals surface area contributed by atoms with Crippen LogP contribution in [0.25, 0.3) is 0 Å². The topological polar surface area (TPSA) is 29.5 Å². The number of halogens is 2. The minimum absolute atomic E-state index is 0.0538. The van der Waals surface area contributed by atoms with Crippen LogP contribution in [-0.2, 0) is 22.6 Å². The molecule has 0 aliphatic heterocycles. The SMILES string of the molecule is C=CC(=O)OCC.CC.Cc1c(F)cc(N(Cc2ccccc2)Cc2ccccc2)cc1F. The number of rotatable bonds is 7. The molecule has 33 heavy (non-hydrogen) atoms. The number of ether oxygens (including phenoxy) is 1. The van der Waals surface area contributed by atoms with Gasteiger partial charge in [0.1, 0.15) is 11.6 Å². The van der Waals surface area contributed by atoms with Gasteiger partial charge in [-0.1, -0.05) is 81.1 Å². The van der Waals surface area contributed by atoms with Crippen molar-refractivity contribution >= 4 is 11.7 Å². The smallest absolute Gasteiger partial charge is 0.330 e. The molecule has 0 aliphatic carbocycles. The monoisotopic (exact) mass is 453 g/mol. The molecule has 0 amide bonds. The van der Waals surface area contributed by atoms with Gasteiger partial charge in [0.15, 0.2) is 0 Å². The van der Waals surface area contributed by atoms with Crippen molar-refractivity contribution in [1.29, 1.82) is 0 Å². The van der Waals surface area contributed by atoms with Gasteiger partial charge in [-0.2, -0.15) is 0 Å². The second-order valence-corrected chi connectivity index (χ2v) is 6.82. The van der Waals surface area contributed by atoms with E-state index in [4.69, 9.17) is 0 Å². The molecule has 3 aromatic carbocycles. The molecule has 3 aromatic rings. The summed E-state index contributed by atoms with van der Waals surface area (Å²) < 4.78 is 32.5. The molecule has 0 bridgehead atoms. The number of carbonyl (C=O) groups excluding carboxylic acids is 1. The lowest BCUT2D eigenvalue weighted by Crippen LogP contribution is -2.22. The van der Waals surface area contributed by atoms with E-state index >= 15 is 0 Å². The first-order valence-electron chi connectivity index (χ1n) is 11.0. The van der Waals surface area contributed by atoms with Gasteiger partial charge in [0.25, 0.3) is 0 Å². The molecule has 0 N–H and O–H groups in total. The minimum atomic E-state index is -0.517. The Morgan fingerprint density at radius 3 is 1.67 bits per heavy atom. The van der Waals surface area contributed by atoms with Crippen LogP contribution in [-0.4, -0.2) is 12.6 Å². The Hall–Kier alpha value is -3.47. The van der Waals surface area contributed by atoms with E-state index in [1.54, 1.807) is 6.92 Å². The van der Waals surface area contributed by atoms with Crippen LogP contribution in [0, 0.1) is 18.6 Å². The van der Waals surface area contributed by atoms with E-state index in [1.807, 2.05) is 79.4 Å². The van der Waals surface area contributed by atoms with Crippen LogP contribution in [0.2, 0.25) is 0 Å². The third-order valence-electron chi connectivity index (χ3n) is 4.52. The summed E-state index contributed by atoms with van der Waals surface area (Å²) >= 11 is 0. The Kier molecular flexibility index (Phi) is 12.8. The molecule has 0 atom stereocenters. The number of hydrogen-bond donors (Lipinski definition) is 0. The number of carbonyl (C=O) groups is 1. The Morgan fingerprint density at radius 1 is 0.909 bits per heavy atom. The van der Waals surface area contributed by atoms with Crippen LogP contribution in [0.5, 0.6) is 0 Å². The van der Waals surface area contributed by atoms with Crippen LogP contribution >= 0.6 is 0 Å². The van der Waals surface area contributed by atoms with Crippen LogP contribution in [0.1, 0.15) is 37.5 Å². The predicted octanol–water partition coefficient (Wildman–Crippen LogP) is 7.24. The van der Waals surface area contributed by atoms with Crippen molar-refractivity contribution in [3.05, 3.63) is 114 Å². The summed E-state index contributed by atoms with van der Waals surface area (Å²) in [5.74, 6) is -1.39. The molecule has 0 aromatic heterocycles. The fourth-order valence-electron chi connectivity index (χ4n) is 2.86. The molecule has 0 spiro atoms. The third kappa shape index (κ3) is 9.69. The lowest BCUT2D eigenvalue weighted by molar-refractivity contribution is -0.137. The average Bonchev–Trinajstić information content (AvgIpc) is 2.85. The van der Waals surface area contributed by atoms with E-state index < -0.39 is 11.6 Å². The lowest BCUT2D eigenvalue weighted by Gasteiger charge is -2.26. The summed E-state index contributed by atoms with van der Waals surface area (Å²) in [4.78, 5) is 12.1. The second-order valence-electron chi connectivity index (χ2n) is 6.82. The van der Waals surface area contributed by atoms with Crippen molar-refractivity contribution in [3.8, 4) is 0 Å². The fourth-order valence-corrected chi connectivity index (χ4v) is 2.86. The molecule has 0 unspecified atom stereocenters. The van der Waals surface area contributed by atoms with Crippen LogP contribution < -0.4 is 4.90 Å². The summed E-state index contributed by atoms with van der Waals surface area (Å²) in [5.41, 5.74) is 2.78. The summed E-state index contributed by atoms with van der Waals surface area (Å²) in [5, 5.41) is 0. The zero-order valence-electron chi connectivity index (χ0n) is 19.9. The van der Waals surface area contributed by atoms with E-state index in [9.17, 15) is 13.6 Å². The molecule has 0 saturated heterocycles. The number of benzene rings is 3. The molecular weight excluding hydrogens is 420 g/mol. The Bertz CT molecular complexity index is 911. The molecule has 3 rings (SSSR count). The molecule has 0 aliphatic rings. The molecule has 0 radical (unpaired) electrons. The van der Waals surface area contributed by atoms with Gasteiger partial charge in [-0.15, -0.1) is 0 Å². The van der Waals surface area contributed by atoms with Crippen molar-refractivity contribution in [1.82, 2.24) is 0 Å². The van der Waals surface area contributed by atoms with Gasteiger partial charge in [0.2, 0.25) is 0 Å². The Morgan fingerprint density at radius 2 is 1.33 bits per heavy atom. The highest BCUT2D eigenvalue weighted by Crippen LogP contribution is 2.25. The normalized spacial score (nSPS) is 9.52. The minimum Gasteiger partial charge on any atom is -0.463 e. The first-order chi connectivity index (χ1) is 15.9.